The molecule has 4 nitrogen and oxygen atoms in total. The van der Waals surface area contributed by atoms with E-state index in [4.69, 9.17) is 16.3 Å². The molecule has 1 aliphatic rings. The molecular weight excluding hydrogens is 405 g/mol. The molecule has 1 aromatic carbocycles. The summed E-state index contributed by atoms with van der Waals surface area (Å²) in [5, 5.41) is 3.48. The Morgan fingerprint density at radius 3 is 2.45 bits per heavy atom. The normalized spacial score (nSPS) is 20.7. The predicted octanol–water partition coefficient (Wildman–Crippen LogP) is 5.97. The maximum atomic E-state index is 13.1. The van der Waals surface area contributed by atoms with Gasteiger partial charge >= 0.3 is 6.18 Å². The molecule has 0 aliphatic heterocycles. The number of nitrogens with one attached hydrogen (secondary N) is 1. The van der Waals surface area contributed by atoms with Crippen LogP contribution in [0.15, 0.2) is 42.7 Å². The van der Waals surface area contributed by atoms with Gasteiger partial charge in [0.2, 0.25) is 5.91 Å². The molecular formula is C21H22ClF3N2O2. The fourth-order valence-electron chi connectivity index (χ4n) is 3.59. The van der Waals surface area contributed by atoms with Crippen LogP contribution in [0.5, 0.6) is 5.75 Å². The number of amides is 1. The van der Waals surface area contributed by atoms with Crippen molar-refractivity contribution in [3.8, 4) is 5.75 Å². The van der Waals surface area contributed by atoms with Gasteiger partial charge in [-0.05, 0) is 61.9 Å². The Balaban J connectivity index is 1.54. The second-order valence-corrected chi connectivity index (χ2v) is 7.75. The summed E-state index contributed by atoms with van der Waals surface area (Å²) in [5.41, 5.74) is -0.182. The largest absolute Gasteiger partial charge is 0.490 e. The van der Waals surface area contributed by atoms with Crippen molar-refractivity contribution in [2.45, 2.75) is 44.9 Å². The molecule has 156 valence electrons. The maximum absolute atomic E-state index is 13.1. The van der Waals surface area contributed by atoms with Gasteiger partial charge in [-0.2, -0.15) is 13.2 Å². The van der Waals surface area contributed by atoms with Crippen molar-refractivity contribution in [1.82, 2.24) is 4.98 Å². The number of hydrogen-bond donors (Lipinski definition) is 1. The summed E-state index contributed by atoms with van der Waals surface area (Å²) in [7, 11) is 0. The van der Waals surface area contributed by atoms with Crippen molar-refractivity contribution in [1.29, 1.82) is 0 Å². The second kappa shape index (κ2) is 9.03. The highest BCUT2D eigenvalue weighted by Gasteiger charge is 2.36. The lowest BCUT2D eigenvalue weighted by Gasteiger charge is -2.32. The van der Waals surface area contributed by atoms with E-state index in [1.807, 2.05) is 6.92 Å². The molecule has 1 heterocycles. The zero-order valence-corrected chi connectivity index (χ0v) is 16.6. The van der Waals surface area contributed by atoms with Gasteiger partial charge in [-0.15, -0.1) is 0 Å². The van der Waals surface area contributed by atoms with E-state index in [2.05, 4.69) is 10.3 Å². The number of aromatic nitrogens is 1. The van der Waals surface area contributed by atoms with Gasteiger partial charge < -0.3 is 10.1 Å². The van der Waals surface area contributed by atoms with Gasteiger partial charge in [-0.3, -0.25) is 9.78 Å². The van der Waals surface area contributed by atoms with Gasteiger partial charge in [0.05, 0.1) is 6.10 Å². The molecule has 1 atom stereocenters. The Bertz CT molecular complexity index is 835. The van der Waals surface area contributed by atoms with E-state index in [9.17, 15) is 18.0 Å². The Morgan fingerprint density at radius 2 is 1.83 bits per heavy atom. The molecule has 1 saturated carbocycles. The topological polar surface area (TPSA) is 51.2 Å². The van der Waals surface area contributed by atoms with Crippen LogP contribution in [0.3, 0.4) is 0 Å². The van der Waals surface area contributed by atoms with E-state index in [1.54, 1.807) is 24.3 Å². The van der Waals surface area contributed by atoms with Crippen LogP contribution in [0.1, 0.15) is 38.2 Å². The number of alkyl halides is 3. The third-order valence-electron chi connectivity index (χ3n) is 5.33. The molecule has 29 heavy (non-hydrogen) atoms. The molecule has 1 aromatic heterocycles. The summed E-state index contributed by atoms with van der Waals surface area (Å²) in [6.45, 7) is 1.88. The summed E-state index contributed by atoms with van der Waals surface area (Å²) >= 11 is 5.85. The SMILES string of the molecule is CC(C(=O)Nc1ccc(Cl)cc1)C1CCC(Oc2ccncc2C(F)(F)F)CC1. The van der Waals surface area contributed by atoms with E-state index in [-0.39, 0.29) is 29.6 Å². The molecule has 3 rings (SSSR count). The number of carbonyl (C=O) groups is 1. The van der Waals surface area contributed by atoms with Gasteiger partial charge in [0.1, 0.15) is 11.3 Å². The first-order valence-corrected chi connectivity index (χ1v) is 9.86. The number of hydrogen-bond acceptors (Lipinski definition) is 3. The minimum Gasteiger partial charge on any atom is -0.490 e. The second-order valence-electron chi connectivity index (χ2n) is 7.31. The van der Waals surface area contributed by atoms with Gasteiger partial charge in [0, 0.05) is 29.0 Å². The molecule has 1 unspecified atom stereocenters. The molecule has 2 aromatic rings. The number of ether oxygens (including phenoxy) is 1. The van der Waals surface area contributed by atoms with Crippen LogP contribution >= 0.6 is 11.6 Å². The third kappa shape index (κ3) is 5.63. The molecule has 0 spiro atoms. The minimum atomic E-state index is -4.50. The number of benzene rings is 1. The van der Waals surface area contributed by atoms with Gasteiger partial charge in [-0.1, -0.05) is 18.5 Å². The highest BCUT2D eigenvalue weighted by Crippen LogP contribution is 2.38. The Morgan fingerprint density at radius 1 is 1.17 bits per heavy atom. The highest BCUT2D eigenvalue weighted by atomic mass is 35.5. The molecule has 1 fully saturated rings. The highest BCUT2D eigenvalue weighted by molar-refractivity contribution is 6.30. The minimum absolute atomic E-state index is 0.0785. The van der Waals surface area contributed by atoms with Crippen LogP contribution < -0.4 is 10.1 Å². The first-order chi connectivity index (χ1) is 13.7. The first-order valence-electron chi connectivity index (χ1n) is 9.48. The molecule has 0 saturated heterocycles. The number of halogens is 4. The average Bonchev–Trinajstić information content (AvgIpc) is 2.69. The van der Waals surface area contributed by atoms with Crippen LogP contribution in [0.2, 0.25) is 5.02 Å². The fourth-order valence-corrected chi connectivity index (χ4v) is 3.71. The van der Waals surface area contributed by atoms with Gasteiger partial charge in [0.15, 0.2) is 0 Å². The van der Waals surface area contributed by atoms with E-state index in [0.717, 1.165) is 6.20 Å². The summed E-state index contributed by atoms with van der Waals surface area (Å²) in [6, 6.07) is 8.14. The van der Waals surface area contributed by atoms with Crippen LogP contribution in [0, 0.1) is 11.8 Å². The smallest absolute Gasteiger partial charge is 0.421 e. The van der Waals surface area contributed by atoms with Crippen molar-refractivity contribution in [3.05, 3.63) is 53.3 Å². The van der Waals surface area contributed by atoms with Crippen LogP contribution in [0.25, 0.3) is 0 Å². The van der Waals surface area contributed by atoms with Crippen molar-refractivity contribution < 1.29 is 22.7 Å². The zero-order valence-electron chi connectivity index (χ0n) is 15.9. The Hall–Kier alpha value is -2.28. The maximum Gasteiger partial charge on any atom is 0.421 e. The van der Waals surface area contributed by atoms with E-state index in [1.165, 1.54) is 12.3 Å². The molecule has 0 radical (unpaired) electrons. The van der Waals surface area contributed by atoms with E-state index >= 15 is 0 Å². The molecule has 1 aliphatic carbocycles. The molecule has 0 bridgehead atoms. The quantitative estimate of drug-likeness (QED) is 0.641. The lowest BCUT2D eigenvalue weighted by Crippen LogP contribution is -2.32. The molecule has 1 N–H and O–H groups in total. The Kier molecular flexibility index (Phi) is 6.67. The van der Waals surface area contributed by atoms with E-state index in [0.29, 0.717) is 36.4 Å². The van der Waals surface area contributed by atoms with Crippen molar-refractivity contribution in [3.63, 3.8) is 0 Å². The fraction of sp³-hybridized carbons (Fsp3) is 0.429. The van der Waals surface area contributed by atoms with Gasteiger partial charge in [-0.25, -0.2) is 0 Å². The number of carbonyl (C=O) groups excluding carboxylic acids is 1. The summed E-state index contributed by atoms with van der Waals surface area (Å²) in [5.74, 6) is -0.324. The summed E-state index contributed by atoms with van der Waals surface area (Å²) in [4.78, 5) is 16.1. The van der Waals surface area contributed by atoms with Crippen molar-refractivity contribution in [2.24, 2.45) is 11.8 Å². The zero-order chi connectivity index (χ0) is 21.0. The lowest BCUT2D eigenvalue weighted by molar-refractivity contribution is -0.139. The van der Waals surface area contributed by atoms with Crippen molar-refractivity contribution in [2.75, 3.05) is 5.32 Å². The van der Waals surface area contributed by atoms with Gasteiger partial charge in [0.25, 0.3) is 0 Å². The van der Waals surface area contributed by atoms with Crippen LogP contribution in [-0.2, 0) is 11.0 Å². The summed E-state index contributed by atoms with van der Waals surface area (Å²) in [6.07, 6.45) is -0.107. The third-order valence-corrected chi connectivity index (χ3v) is 5.58. The molecule has 1 amide bonds. The predicted molar refractivity (Wildman–Crippen MR) is 105 cm³/mol. The lowest BCUT2D eigenvalue weighted by atomic mass is 9.79. The van der Waals surface area contributed by atoms with Crippen LogP contribution in [-0.4, -0.2) is 17.0 Å². The van der Waals surface area contributed by atoms with Crippen molar-refractivity contribution >= 4 is 23.2 Å². The Labute approximate surface area is 172 Å². The average molecular weight is 427 g/mol. The standard InChI is InChI=1S/C21H22ClF3N2O2/c1-13(20(28)27-16-6-4-15(22)5-7-16)14-2-8-17(9-3-14)29-19-10-11-26-12-18(19)21(23,24)25/h4-7,10-14,17H,2-3,8-9H2,1H3,(H,27,28). The first kappa shape index (κ1) is 21.4. The monoisotopic (exact) mass is 426 g/mol. The number of anilines is 1. The van der Waals surface area contributed by atoms with Crippen LogP contribution in [0.4, 0.5) is 18.9 Å². The van der Waals surface area contributed by atoms with E-state index < -0.39 is 11.7 Å². The molecule has 8 heteroatoms. The summed E-state index contributed by atoms with van der Waals surface area (Å²) < 4.78 is 44.9. The number of nitrogens with zero attached hydrogens (tertiary/aromatic N) is 1. The number of pyridine rings is 1. The number of rotatable bonds is 5.